The van der Waals surface area contributed by atoms with Gasteiger partial charge < -0.3 is 11.5 Å². The quantitative estimate of drug-likeness (QED) is 0.280. The average Bonchev–Trinajstić information content (AvgIpc) is 2.83. The summed E-state index contributed by atoms with van der Waals surface area (Å²) >= 11 is 0. The predicted molar refractivity (Wildman–Crippen MR) is 146 cm³/mol. The van der Waals surface area contributed by atoms with Gasteiger partial charge in [-0.15, -0.1) is 0 Å². The Bertz CT molecular complexity index is 1140. The van der Waals surface area contributed by atoms with E-state index in [1.54, 1.807) is 0 Å². The molecule has 0 bridgehead atoms. The van der Waals surface area contributed by atoms with Gasteiger partial charge in [0.05, 0.1) is 0 Å². The maximum Gasteiger partial charge on any atom is 0.0316 e. The summed E-state index contributed by atoms with van der Waals surface area (Å²) in [5.41, 5.74) is 24.2. The normalized spacial score (nSPS) is 11.2. The minimum absolute atomic E-state index is 0.377. The van der Waals surface area contributed by atoms with Gasteiger partial charge in [-0.3, -0.25) is 0 Å². The topological polar surface area (TPSA) is 52.0 Å². The fourth-order valence-electron chi connectivity index (χ4n) is 4.70. The van der Waals surface area contributed by atoms with Crippen LogP contribution in [-0.4, -0.2) is 0 Å². The summed E-state index contributed by atoms with van der Waals surface area (Å²) in [6.45, 7) is 6.57. The fraction of sp³-hybridized carbons (Fsp3) is 0.250. The van der Waals surface area contributed by atoms with E-state index in [9.17, 15) is 0 Å². The van der Waals surface area contributed by atoms with Crippen molar-refractivity contribution in [2.75, 3.05) is 11.5 Å². The van der Waals surface area contributed by atoms with Crippen molar-refractivity contribution in [1.82, 2.24) is 0 Å². The highest BCUT2D eigenvalue weighted by molar-refractivity contribution is 5.45. The number of benzene rings is 4. The molecule has 34 heavy (non-hydrogen) atoms. The zero-order valence-electron chi connectivity index (χ0n) is 20.6. The van der Waals surface area contributed by atoms with E-state index in [1.807, 2.05) is 12.1 Å². The molecule has 0 fully saturated rings. The molecule has 2 nitrogen and oxygen atoms in total. The van der Waals surface area contributed by atoms with Gasteiger partial charge in [0, 0.05) is 17.3 Å². The van der Waals surface area contributed by atoms with Crippen molar-refractivity contribution >= 4 is 11.4 Å². The summed E-state index contributed by atoms with van der Waals surface area (Å²) in [5, 5.41) is 0. The van der Waals surface area contributed by atoms with Gasteiger partial charge in [-0.25, -0.2) is 0 Å². The van der Waals surface area contributed by atoms with Crippen molar-refractivity contribution in [3.63, 3.8) is 0 Å². The highest BCUT2D eigenvalue weighted by Crippen LogP contribution is 2.26. The Labute approximate surface area is 204 Å². The molecule has 0 aliphatic rings. The molecule has 0 aliphatic heterocycles. The van der Waals surface area contributed by atoms with Gasteiger partial charge in [0.15, 0.2) is 0 Å². The van der Waals surface area contributed by atoms with E-state index < -0.39 is 0 Å². The van der Waals surface area contributed by atoms with E-state index in [4.69, 9.17) is 11.5 Å². The smallest absolute Gasteiger partial charge is 0.0316 e. The van der Waals surface area contributed by atoms with E-state index in [0.29, 0.717) is 5.92 Å². The molecular formula is C32H36N2. The summed E-state index contributed by atoms with van der Waals surface area (Å²) in [7, 11) is 0. The minimum Gasteiger partial charge on any atom is -0.399 e. The van der Waals surface area contributed by atoms with Gasteiger partial charge in [-0.1, -0.05) is 67.6 Å². The second-order valence-electron chi connectivity index (χ2n) is 9.58. The zero-order chi connectivity index (χ0) is 24.1. The number of nitrogens with two attached hydrogens (primary N) is 2. The molecule has 0 aliphatic carbocycles. The van der Waals surface area contributed by atoms with Gasteiger partial charge in [0.2, 0.25) is 0 Å². The second kappa shape index (κ2) is 10.6. The third-order valence-corrected chi connectivity index (χ3v) is 7.06. The molecule has 174 valence electrons. The SMILES string of the molecule is Cc1cc(N)ccc1CCc1ccc(C(C)c2ccc(CCc3ccc(N)cc3C)cc2)cc1. The van der Waals surface area contributed by atoms with Crippen LogP contribution in [-0.2, 0) is 25.7 Å². The van der Waals surface area contributed by atoms with Crippen LogP contribution < -0.4 is 11.5 Å². The first-order valence-electron chi connectivity index (χ1n) is 12.3. The molecule has 4 aromatic rings. The molecule has 0 atom stereocenters. The summed E-state index contributed by atoms with van der Waals surface area (Å²) in [6.07, 6.45) is 4.17. The largest absolute Gasteiger partial charge is 0.399 e. The van der Waals surface area contributed by atoms with Crippen LogP contribution in [0, 0.1) is 13.8 Å². The zero-order valence-corrected chi connectivity index (χ0v) is 20.6. The lowest BCUT2D eigenvalue weighted by atomic mass is 9.90. The van der Waals surface area contributed by atoms with Gasteiger partial charge >= 0.3 is 0 Å². The summed E-state index contributed by atoms with van der Waals surface area (Å²) in [6, 6.07) is 30.7. The Kier molecular flexibility index (Phi) is 7.37. The second-order valence-corrected chi connectivity index (χ2v) is 9.58. The van der Waals surface area contributed by atoms with Crippen molar-refractivity contribution in [1.29, 1.82) is 0 Å². The Balaban J connectivity index is 1.34. The monoisotopic (exact) mass is 448 g/mol. The summed E-state index contributed by atoms with van der Waals surface area (Å²) < 4.78 is 0. The molecule has 2 heteroatoms. The standard InChI is InChI=1S/C32H36N2/c1-22-20-31(33)18-16-27(22)10-4-25-6-12-29(13-7-25)24(3)30-14-8-26(9-15-30)5-11-28-17-19-32(34)21-23(28)2/h6-9,12-21,24H,4-5,10-11,33-34H2,1-3H3. The van der Waals surface area contributed by atoms with Gasteiger partial charge in [0.1, 0.15) is 0 Å². The Morgan fingerprint density at radius 3 is 1.26 bits per heavy atom. The van der Waals surface area contributed by atoms with Crippen molar-refractivity contribution in [3.8, 4) is 0 Å². The summed E-state index contributed by atoms with van der Waals surface area (Å²) in [5.74, 6) is 0.377. The van der Waals surface area contributed by atoms with Crippen molar-refractivity contribution < 1.29 is 0 Å². The first kappa shape index (κ1) is 23.6. The van der Waals surface area contributed by atoms with Crippen LogP contribution in [0.15, 0.2) is 84.9 Å². The van der Waals surface area contributed by atoms with Crippen molar-refractivity contribution in [2.24, 2.45) is 0 Å². The highest BCUT2D eigenvalue weighted by Gasteiger charge is 2.09. The maximum atomic E-state index is 5.88. The number of aryl methyl sites for hydroxylation is 6. The van der Waals surface area contributed by atoms with Gasteiger partial charge in [-0.05, 0) is 108 Å². The van der Waals surface area contributed by atoms with E-state index >= 15 is 0 Å². The maximum absolute atomic E-state index is 5.88. The van der Waals surface area contributed by atoms with Crippen LogP contribution in [0.25, 0.3) is 0 Å². The van der Waals surface area contributed by atoms with Crippen LogP contribution in [0.4, 0.5) is 11.4 Å². The van der Waals surface area contributed by atoms with Crippen LogP contribution in [0.3, 0.4) is 0 Å². The van der Waals surface area contributed by atoms with Crippen LogP contribution in [0.2, 0.25) is 0 Å². The van der Waals surface area contributed by atoms with Crippen LogP contribution in [0.1, 0.15) is 57.3 Å². The molecule has 0 radical (unpaired) electrons. The predicted octanol–water partition coefficient (Wildman–Crippen LogP) is 7.19. The molecule has 0 saturated heterocycles. The lowest BCUT2D eigenvalue weighted by Crippen LogP contribution is -1.99. The van der Waals surface area contributed by atoms with Gasteiger partial charge in [0.25, 0.3) is 0 Å². The van der Waals surface area contributed by atoms with E-state index in [0.717, 1.165) is 37.1 Å². The van der Waals surface area contributed by atoms with Crippen molar-refractivity contribution in [3.05, 3.63) is 129 Å². The first-order valence-corrected chi connectivity index (χ1v) is 12.3. The lowest BCUT2D eigenvalue weighted by Gasteiger charge is -2.14. The molecular weight excluding hydrogens is 412 g/mol. The van der Waals surface area contributed by atoms with E-state index in [-0.39, 0.29) is 0 Å². The third-order valence-electron chi connectivity index (χ3n) is 7.06. The van der Waals surface area contributed by atoms with Crippen LogP contribution >= 0.6 is 0 Å². The molecule has 0 unspecified atom stereocenters. The number of anilines is 2. The number of hydrogen-bond acceptors (Lipinski definition) is 2. The van der Waals surface area contributed by atoms with E-state index in [1.165, 1.54) is 44.5 Å². The molecule has 4 N–H and O–H groups in total. The average molecular weight is 449 g/mol. The van der Waals surface area contributed by atoms with E-state index in [2.05, 4.69) is 93.6 Å². The number of rotatable bonds is 8. The minimum atomic E-state index is 0.377. The fourth-order valence-corrected chi connectivity index (χ4v) is 4.70. The molecule has 0 saturated carbocycles. The number of hydrogen-bond donors (Lipinski definition) is 2. The molecule has 0 spiro atoms. The Morgan fingerprint density at radius 1 is 0.529 bits per heavy atom. The number of nitrogen functional groups attached to an aromatic ring is 2. The first-order chi connectivity index (χ1) is 16.4. The van der Waals surface area contributed by atoms with Crippen LogP contribution in [0.5, 0.6) is 0 Å². The molecule has 4 aromatic carbocycles. The Morgan fingerprint density at radius 2 is 0.912 bits per heavy atom. The molecule has 0 heterocycles. The summed E-state index contributed by atoms with van der Waals surface area (Å²) in [4.78, 5) is 0. The molecule has 0 amide bonds. The molecule has 4 rings (SSSR count). The van der Waals surface area contributed by atoms with Crippen molar-refractivity contribution in [2.45, 2.75) is 52.4 Å². The Hall–Kier alpha value is -3.52. The third kappa shape index (κ3) is 5.88. The molecule has 0 aromatic heterocycles. The lowest BCUT2D eigenvalue weighted by molar-refractivity contribution is 0.903. The highest BCUT2D eigenvalue weighted by atomic mass is 14.5. The van der Waals surface area contributed by atoms with Gasteiger partial charge in [-0.2, -0.15) is 0 Å².